The van der Waals surface area contributed by atoms with Crippen molar-refractivity contribution in [3.05, 3.63) is 50.7 Å². The number of halogens is 3. The molecule has 5 nitrogen and oxygen atoms in total. The van der Waals surface area contributed by atoms with E-state index >= 15 is 0 Å². The number of carbonyl (C=O) groups is 1. The monoisotopic (exact) mass is 444 g/mol. The summed E-state index contributed by atoms with van der Waals surface area (Å²) in [4.78, 5) is 16.6. The summed E-state index contributed by atoms with van der Waals surface area (Å²) in [5.41, 5.74) is 0.954. The summed E-state index contributed by atoms with van der Waals surface area (Å²) in [6, 6.07) is 5.56. The van der Waals surface area contributed by atoms with Gasteiger partial charge in [0.1, 0.15) is 0 Å². The highest BCUT2D eigenvalue weighted by molar-refractivity contribution is 9.10. The Morgan fingerprint density at radius 2 is 1.84 bits per heavy atom. The van der Waals surface area contributed by atoms with Crippen LogP contribution in [0.3, 0.4) is 0 Å². The fourth-order valence-electron chi connectivity index (χ4n) is 2.89. The SMILES string of the molecule is O=C(CCn1cc(Br)cn1)N1CCN(Cc2c(Cl)cccc2Cl)CC1. The summed E-state index contributed by atoms with van der Waals surface area (Å²) in [5.74, 6) is 0.169. The third-order valence-electron chi connectivity index (χ3n) is 4.32. The molecule has 0 bridgehead atoms. The summed E-state index contributed by atoms with van der Waals surface area (Å²) in [5, 5.41) is 5.56. The van der Waals surface area contributed by atoms with Gasteiger partial charge in [0.25, 0.3) is 0 Å². The normalized spacial score (nSPS) is 15.6. The van der Waals surface area contributed by atoms with E-state index in [2.05, 4.69) is 25.9 Å². The Hall–Kier alpha value is -1.08. The highest BCUT2D eigenvalue weighted by atomic mass is 79.9. The lowest BCUT2D eigenvalue weighted by Crippen LogP contribution is -2.48. The number of amides is 1. The fraction of sp³-hybridized carbons (Fsp3) is 0.412. The lowest BCUT2D eigenvalue weighted by molar-refractivity contribution is -0.133. The summed E-state index contributed by atoms with van der Waals surface area (Å²) < 4.78 is 2.70. The van der Waals surface area contributed by atoms with E-state index in [-0.39, 0.29) is 5.91 Å². The van der Waals surface area contributed by atoms with E-state index in [0.29, 0.717) is 29.6 Å². The van der Waals surface area contributed by atoms with E-state index in [4.69, 9.17) is 23.2 Å². The van der Waals surface area contributed by atoms with Crippen LogP contribution < -0.4 is 0 Å². The number of nitrogens with zero attached hydrogens (tertiary/aromatic N) is 4. The van der Waals surface area contributed by atoms with Crippen LogP contribution >= 0.6 is 39.1 Å². The van der Waals surface area contributed by atoms with Crippen molar-refractivity contribution in [2.45, 2.75) is 19.5 Å². The van der Waals surface area contributed by atoms with Gasteiger partial charge in [-0.25, -0.2) is 0 Å². The Morgan fingerprint density at radius 3 is 2.44 bits per heavy atom. The van der Waals surface area contributed by atoms with Crippen molar-refractivity contribution >= 4 is 45.0 Å². The molecule has 1 aliphatic heterocycles. The van der Waals surface area contributed by atoms with Crippen molar-refractivity contribution in [3.8, 4) is 0 Å². The largest absolute Gasteiger partial charge is 0.340 e. The maximum atomic E-state index is 12.4. The first-order valence-electron chi connectivity index (χ1n) is 8.14. The number of aromatic nitrogens is 2. The molecule has 1 fully saturated rings. The molecule has 1 aromatic heterocycles. The molecule has 1 aromatic carbocycles. The van der Waals surface area contributed by atoms with E-state index < -0.39 is 0 Å². The van der Waals surface area contributed by atoms with Crippen molar-refractivity contribution in [2.24, 2.45) is 0 Å². The van der Waals surface area contributed by atoms with Gasteiger partial charge in [0, 0.05) is 67.5 Å². The molecule has 134 valence electrons. The van der Waals surface area contributed by atoms with Crippen LogP contribution in [0.4, 0.5) is 0 Å². The molecule has 1 aliphatic rings. The average molecular weight is 446 g/mol. The van der Waals surface area contributed by atoms with Crippen LogP contribution in [0.2, 0.25) is 10.0 Å². The van der Waals surface area contributed by atoms with Crippen LogP contribution in [0.5, 0.6) is 0 Å². The fourth-order valence-corrected chi connectivity index (χ4v) is 3.74. The number of hydrogen-bond acceptors (Lipinski definition) is 3. The first kappa shape index (κ1) is 18.7. The minimum atomic E-state index is 0.169. The molecule has 1 saturated heterocycles. The summed E-state index contributed by atoms with van der Waals surface area (Å²) in [7, 11) is 0. The maximum Gasteiger partial charge on any atom is 0.224 e. The van der Waals surface area contributed by atoms with E-state index in [9.17, 15) is 4.79 Å². The zero-order valence-corrected chi connectivity index (χ0v) is 16.8. The molecule has 8 heteroatoms. The summed E-state index contributed by atoms with van der Waals surface area (Å²) >= 11 is 15.8. The molecule has 0 spiro atoms. The standard InChI is InChI=1S/C17H19BrCl2N4O/c18-13-10-21-24(11-13)5-4-17(25)23-8-6-22(7-9-23)12-14-15(19)2-1-3-16(14)20/h1-3,10-11H,4-9,12H2. The van der Waals surface area contributed by atoms with Gasteiger partial charge in [-0.3, -0.25) is 14.4 Å². The molecule has 0 aliphatic carbocycles. The molecule has 2 aromatic rings. The van der Waals surface area contributed by atoms with Crippen molar-refractivity contribution < 1.29 is 4.79 Å². The van der Waals surface area contributed by atoms with E-state index in [1.54, 1.807) is 10.9 Å². The van der Waals surface area contributed by atoms with Gasteiger partial charge in [0.05, 0.1) is 10.7 Å². The van der Waals surface area contributed by atoms with Gasteiger partial charge in [-0.05, 0) is 28.1 Å². The van der Waals surface area contributed by atoms with Crippen molar-refractivity contribution in [1.29, 1.82) is 0 Å². The van der Waals surface area contributed by atoms with Gasteiger partial charge >= 0.3 is 0 Å². The van der Waals surface area contributed by atoms with Crippen LogP contribution in [0.25, 0.3) is 0 Å². The molecular formula is C17H19BrCl2N4O. The van der Waals surface area contributed by atoms with E-state index in [0.717, 1.165) is 36.2 Å². The molecule has 3 rings (SSSR count). The number of carbonyl (C=O) groups excluding carboxylic acids is 1. The van der Waals surface area contributed by atoms with Gasteiger partial charge in [0.15, 0.2) is 0 Å². The average Bonchev–Trinajstić information content (AvgIpc) is 3.02. The van der Waals surface area contributed by atoms with E-state index in [1.807, 2.05) is 29.3 Å². The minimum absolute atomic E-state index is 0.169. The molecular weight excluding hydrogens is 427 g/mol. The third kappa shape index (κ3) is 4.97. The highest BCUT2D eigenvalue weighted by Gasteiger charge is 2.22. The Morgan fingerprint density at radius 1 is 1.16 bits per heavy atom. The van der Waals surface area contributed by atoms with Crippen molar-refractivity contribution in [1.82, 2.24) is 19.6 Å². The van der Waals surface area contributed by atoms with Gasteiger partial charge < -0.3 is 4.90 Å². The van der Waals surface area contributed by atoms with Gasteiger partial charge in [-0.2, -0.15) is 5.10 Å². The minimum Gasteiger partial charge on any atom is -0.340 e. The van der Waals surface area contributed by atoms with Gasteiger partial charge in [-0.1, -0.05) is 29.3 Å². The molecule has 1 amide bonds. The van der Waals surface area contributed by atoms with Crippen LogP contribution in [-0.4, -0.2) is 51.7 Å². The predicted molar refractivity (Wildman–Crippen MR) is 103 cm³/mol. The number of hydrogen-bond donors (Lipinski definition) is 0. The molecule has 0 radical (unpaired) electrons. The Labute approximate surface area is 165 Å². The highest BCUT2D eigenvalue weighted by Crippen LogP contribution is 2.26. The quantitative estimate of drug-likeness (QED) is 0.704. The molecule has 25 heavy (non-hydrogen) atoms. The smallest absolute Gasteiger partial charge is 0.224 e. The van der Waals surface area contributed by atoms with E-state index in [1.165, 1.54) is 0 Å². The predicted octanol–water partition coefficient (Wildman–Crippen LogP) is 3.69. The number of aryl methyl sites for hydroxylation is 1. The first-order chi connectivity index (χ1) is 12.0. The number of rotatable bonds is 5. The lowest BCUT2D eigenvalue weighted by Gasteiger charge is -2.35. The maximum absolute atomic E-state index is 12.4. The molecule has 0 saturated carbocycles. The molecule has 2 heterocycles. The van der Waals surface area contributed by atoms with Crippen molar-refractivity contribution in [2.75, 3.05) is 26.2 Å². The molecule has 0 atom stereocenters. The lowest BCUT2D eigenvalue weighted by atomic mass is 10.2. The van der Waals surface area contributed by atoms with Crippen LogP contribution in [0, 0.1) is 0 Å². The third-order valence-corrected chi connectivity index (χ3v) is 5.44. The Balaban J connectivity index is 1.47. The zero-order chi connectivity index (χ0) is 17.8. The summed E-state index contributed by atoms with van der Waals surface area (Å²) in [6.07, 6.45) is 4.06. The second-order valence-corrected chi connectivity index (χ2v) is 7.76. The molecule has 0 N–H and O–H groups in total. The Kier molecular flexibility index (Phi) is 6.39. The number of benzene rings is 1. The second-order valence-electron chi connectivity index (χ2n) is 6.03. The van der Waals surface area contributed by atoms with Crippen LogP contribution in [0.1, 0.15) is 12.0 Å². The van der Waals surface area contributed by atoms with Gasteiger partial charge in [-0.15, -0.1) is 0 Å². The zero-order valence-electron chi connectivity index (χ0n) is 13.7. The van der Waals surface area contributed by atoms with Gasteiger partial charge in [0.2, 0.25) is 5.91 Å². The Bertz CT molecular complexity index is 724. The topological polar surface area (TPSA) is 41.4 Å². The van der Waals surface area contributed by atoms with Crippen LogP contribution in [0.15, 0.2) is 35.1 Å². The second kappa shape index (κ2) is 8.54. The van der Waals surface area contributed by atoms with Crippen LogP contribution in [-0.2, 0) is 17.9 Å². The van der Waals surface area contributed by atoms with Crippen molar-refractivity contribution in [3.63, 3.8) is 0 Å². The summed E-state index contributed by atoms with van der Waals surface area (Å²) in [6.45, 7) is 4.40. The first-order valence-corrected chi connectivity index (χ1v) is 9.69. The molecule has 0 unspecified atom stereocenters. The number of piperazine rings is 1.